The first-order valence-corrected chi connectivity index (χ1v) is 7.29. The maximum absolute atomic E-state index is 12.4. The van der Waals surface area contributed by atoms with Crippen molar-refractivity contribution in [3.8, 4) is 0 Å². The molecular formula is C17H20N2O. The Hall–Kier alpha value is -1.90. The fourth-order valence-electron chi connectivity index (χ4n) is 3.04. The van der Waals surface area contributed by atoms with E-state index in [0.29, 0.717) is 5.71 Å². The summed E-state index contributed by atoms with van der Waals surface area (Å²) in [5.74, 6) is -0.0520. The fourth-order valence-corrected chi connectivity index (χ4v) is 3.04. The van der Waals surface area contributed by atoms with Gasteiger partial charge in [0.25, 0.3) is 5.91 Å². The topological polar surface area (TPSA) is 41.5 Å². The van der Waals surface area contributed by atoms with E-state index >= 15 is 0 Å². The summed E-state index contributed by atoms with van der Waals surface area (Å²) < 4.78 is 0. The molecule has 0 bridgehead atoms. The summed E-state index contributed by atoms with van der Waals surface area (Å²) in [7, 11) is 0. The van der Waals surface area contributed by atoms with Gasteiger partial charge in [0.15, 0.2) is 0 Å². The summed E-state index contributed by atoms with van der Waals surface area (Å²) in [4.78, 5) is 16.9. The third-order valence-corrected chi connectivity index (χ3v) is 4.14. The average Bonchev–Trinajstić information content (AvgIpc) is 2.86. The van der Waals surface area contributed by atoms with Crippen LogP contribution in [0.5, 0.6) is 0 Å². The van der Waals surface area contributed by atoms with E-state index < -0.39 is 0 Å². The van der Waals surface area contributed by atoms with Crippen LogP contribution < -0.4 is 5.32 Å². The van der Waals surface area contributed by atoms with Gasteiger partial charge in [-0.05, 0) is 62.3 Å². The predicted molar refractivity (Wildman–Crippen MR) is 82.3 cm³/mol. The highest BCUT2D eigenvalue weighted by Crippen LogP contribution is 2.30. The summed E-state index contributed by atoms with van der Waals surface area (Å²) in [6, 6.07) is 6.07. The van der Waals surface area contributed by atoms with Crippen molar-refractivity contribution in [2.24, 2.45) is 4.99 Å². The first-order chi connectivity index (χ1) is 9.65. The predicted octanol–water partition coefficient (Wildman–Crippen LogP) is 3.57. The highest BCUT2D eigenvalue weighted by atomic mass is 16.1. The summed E-state index contributed by atoms with van der Waals surface area (Å²) in [5.41, 5.74) is 6.43. The van der Waals surface area contributed by atoms with Crippen LogP contribution in [0, 0.1) is 13.8 Å². The van der Waals surface area contributed by atoms with Gasteiger partial charge in [0.1, 0.15) is 5.71 Å². The average molecular weight is 268 g/mol. The normalized spacial score (nSPS) is 17.8. The molecule has 0 unspecified atom stereocenters. The third-order valence-electron chi connectivity index (χ3n) is 4.14. The first kappa shape index (κ1) is 13.1. The van der Waals surface area contributed by atoms with Crippen LogP contribution >= 0.6 is 0 Å². The Balaban J connectivity index is 1.79. The van der Waals surface area contributed by atoms with E-state index in [-0.39, 0.29) is 5.91 Å². The number of nitrogens with zero attached hydrogens (tertiary/aromatic N) is 1. The molecule has 1 amide bonds. The summed E-state index contributed by atoms with van der Waals surface area (Å²) in [6.45, 7) is 4.80. The Morgan fingerprint density at radius 1 is 1.20 bits per heavy atom. The molecule has 0 spiro atoms. The minimum absolute atomic E-state index is 0.0520. The van der Waals surface area contributed by atoms with Gasteiger partial charge in [-0.2, -0.15) is 0 Å². The minimum Gasteiger partial charge on any atom is -0.320 e. The minimum atomic E-state index is -0.0520. The van der Waals surface area contributed by atoms with Gasteiger partial charge >= 0.3 is 0 Å². The van der Waals surface area contributed by atoms with Gasteiger partial charge in [-0.25, -0.2) is 0 Å². The second-order valence-electron chi connectivity index (χ2n) is 5.73. The molecule has 0 atom stereocenters. The van der Waals surface area contributed by atoms with E-state index in [2.05, 4.69) is 23.3 Å². The Kier molecular flexibility index (Phi) is 3.43. The van der Waals surface area contributed by atoms with Gasteiger partial charge in [0.2, 0.25) is 0 Å². The zero-order valence-electron chi connectivity index (χ0n) is 12.1. The lowest BCUT2D eigenvalue weighted by atomic mass is 9.90. The lowest BCUT2D eigenvalue weighted by Gasteiger charge is -2.15. The van der Waals surface area contributed by atoms with Crippen molar-refractivity contribution >= 4 is 17.3 Å². The second-order valence-corrected chi connectivity index (χ2v) is 5.73. The van der Waals surface area contributed by atoms with Crippen molar-refractivity contribution in [1.82, 2.24) is 0 Å². The number of carbonyl (C=O) groups excluding carboxylic acids is 1. The molecular weight excluding hydrogens is 248 g/mol. The molecule has 3 rings (SSSR count). The molecule has 1 N–H and O–H groups in total. The van der Waals surface area contributed by atoms with E-state index in [0.717, 1.165) is 30.6 Å². The van der Waals surface area contributed by atoms with Gasteiger partial charge in [0, 0.05) is 5.69 Å². The van der Waals surface area contributed by atoms with Crippen LogP contribution in [0.3, 0.4) is 0 Å². The fraction of sp³-hybridized carbons (Fsp3) is 0.412. The van der Waals surface area contributed by atoms with Crippen LogP contribution in [0.4, 0.5) is 5.69 Å². The van der Waals surface area contributed by atoms with Crippen molar-refractivity contribution in [3.05, 3.63) is 40.5 Å². The molecule has 3 nitrogen and oxygen atoms in total. The van der Waals surface area contributed by atoms with E-state index in [1.807, 2.05) is 19.1 Å². The highest BCUT2D eigenvalue weighted by molar-refractivity contribution is 6.49. The maximum Gasteiger partial charge on any atom is 0.274 e. The lowest BCUT2D eigenvalue weighted by Crippen LogP contribution is -2.24. The molecule has 1 aromatic rings. The number of amides is 1. The zero-order valence-corrected chi connectivity index (χ0v) is 12.1. The van der Waals surface area contributed by atoms with Crippen molar-refractivity contribution < 1.29 is 4.79 Å². The van der Waals surface area contributed by atoms with Crippen molar-refractivity contribution in [2.75, 3.05) is 11.9 Å². The van der Waals surface area contributed by atoms with Crippen LogP contribution in [-0.4, -0.2) is 18.2 Å². The van der Waals surface area contributed by atoms with Crippen molar-refractivity contribution in [2.45, 2.75) is 39.5 Å². The third kappa shape index (κ3) is 2.40. The molecule has 1 aromatic carbocycles. The summed E-state index contributed by atoms with van der Waals surface area (Å²) in [5, 5.41) is 3.01. The van der Waals surface area contributed by atoms with E-state index in [9.17, 15) is 4.79 Å². The Bertz CT molecular complexity index is 626. The van der Waals surface area contributed by atoms with Crippen molar-refractivity contribution in [1.29, 1.82) is 0 Å². The molecule has 0 fully saturated rings. The Labute approximate surface area is 119 Å². The van der Waals surface area contributed by atoms with Gasteiger partial charge in [-0.1, -0.05) is 17.7 Å². The van der Waals surface area contributed by atoms with E-state index in [4.69, 9.17) is 0 Å². The maximum atomic E-state index is 12.4. The largest absolute Gasteiger partial charge is 0.320 e. The number of nitrogens with one attached hydrogen (secondary N) is 1. The monoisotopic (exact) mass is 268 g/mol. The van der Waals surface area contributed by atoms with Gasteiger partial charge < -0.3 is 5.32 Å². The lowest BCUT2D eigenvalue weighted by molar-refractivity contribution is -0.110. The summed E-state index contributed by atoms with van der Waals surface area (Å²) >= 11 is 0. The van der Waals surface area contributed by atoms with Crippen LogP contribution in [-0.2, 0) is 4.79 Å². The number of hydrogen-bond donors (Lipinski definition) is 1. The number of anilines is 1. The highest BCUT2D eigenvalue weighted by Gasteiger charge is 2.26. The second kappa shape index (κ2) is 5.23. The molecule has 0 radical (unpaired) electrons. The molecule has 0 saturated heterocycles. The van der Waals surface area contributed by atoms with Gasteiger partial charge in [-0.3, -0.25) is 9.79 Å². The number of aliphatic imine (C=N–C) groups is 1. The van der Waals surface area contributed by atoms with Crippen LogP contribution in [0.1, 0.15) is 36.8 Å². The smallest absolute Gasteiger partial charge is 0.274 e. The molecule has 2 aliphatic rings. The molecule has 104 valence electrons. The van der Waals surface area contributed by atoms with Crippen LogP contribution in [0.2, 0.25) is 0 Å². The Morgan fingerprint density at radius 3 is 2.80 bits per heavy atom. The molecule has 1 aliphatic carbocycles. The molecule has 20 heavy (non-hydrogen) atoms. The SMILES string of the molecule is Cc1ccc(NC(=O)C2=NCC3=C2CCCC3)c(C)c1. The quantitative estimate of drug-likeness (QED) is 0.875. The zero-order chi connectivity index (χ0) is 14.1. The molecule has 3 heteroatoms. The standard InChI is InChI=1S/C17H20N2O/c1-11-7-8-15(12(2)9-11)19-17(20)16-14-6-4-3-5-13(14)10-18-16/h7-9H,3-6,10H2,1-2H3,(H,19,20). The molecule has 0 aromatic heterocycles. The molecule has 1 heterocycles. The first-order valence-electron chi connectivity index (χ1n) is 7.29. The van der Waals surface area contributed by atoms with Gasteiger partial charge in [-0.15, -0.1) is 0 Å². The van der Waals surface area contributed by atoms with Crippen LogP contribution in [0.25, 0.3) is 0 Å². The van der Waals surface area contributed by atoms with Crippen molar-refractivity contribution in [3.63, 3.8) is 0 Å². The molecule has 1 aliphatic heterocycles. The number of rotatable bonds is 2. The Morgan fingerprint density at radius 2 is 2.00 bits per heavy atom. The summed E-state index contributed by atoms with van der Waals surface area (Å²) in [6.07, 6.45) is 4.53. The molecule has 0 saturated carbocycles. The number of carbonyl (C=O) groups is 1. The number of benzene rings is 1. The number of hydrogen-bond acceptors (Lipinski definition) is 2. The van der Waals surface area contributed by atoms with E-state index in [1.165, 1.54) is 29.6 Å². The van der Waals surface area contributed by atoms with Crippen LogP contribution in [0.15, 0.2) is 34.3 Å². The number of aryl methyl sites for hydroxylation is 2. The van der Waals surface area contributed by atoms with E-state index in [1.54, 1.807) is 0 Å². The van der Waals surface area contributed by atoms with Gasteiger partial charge in [0.05, 0.1) is 6.54 Å².